The molecule has 0 bridgehead atoms. The topological polar surface area (TPSA) is 59.9 Å². The fourth-order valence-corrected chi connectivity index (χ4v) is 3.87. The first-order chi connectivity index (χ1) is 13.2. The molecule has 1 atom stereocenters. The van der Waals surface area contributed by atoms with Crippen molar-refractivity contribution in [1.29, 1.82) is 0 Å². The van der Waals surface area contributed by atoms with Crippen LogP contribution in [0.5, 0.6) is 0 Å². The van der Waals surface area contributed by atoms with E-state index in [4.69, 9.17) is 4.99 Å². The highest BCUT2D eigenvalue weighted by Gasteiger charge is 2.21. The predicted octanol–water partition coefficient (Wildman–Crippen LogP) is 3.42. The van der Waals surface area contributed by atoms with Crippen LogP contribution in [0.4, 0.5) is 0 Å². The van der Waals surface area contributed by atoms with E-state index in [9.17, 15) is 5.11 Å². The molecule has 0 aliphatic heterocycles. The second-order valence-electron chi connectivity index (χ2n) is 7.43. The number of rotatable bonds is 9. The van der Waals surface area contributed by atoms with Gasteiger partial charge < -0.3 is 15.7 Å². The average Bonchev–Trinajstić information content (AvgIpc) is 2.69. The fraction of sp³-hybridized carbons (Fsp3) is 0.682. The maximum atomic E-state index is 9.72. The highest BCUT2D eigenvalue weighted by Crippen LogP contribution is 2.18. The van der Waals surface area contributed by atoms with Crippen molar-refractivity contribution in [3.8, 4) is 0 Å². The van der Waals surface area contributed by atoms with Crippen LogP contribution < -0.4 is 10.6 Å². The van der Waals surface area contributed by atoms with Gasteiger partial charge in [0, 0.05) is 18.6 Å². The molecule has 0 saturated heterocycles. The zero-order valence-electron chi connectivity index (χ0n) is 17.7. The lowest BCUT2D eigenvalue weighted by Gasteiger charge is -2.30. The van der Waals surface area contributed by atoms with Gasteiger partial charge in [-0.15, -0.1) is 24.0 Å². The molecule has 3 N–H and O–H groups in total. The quantitative estimate of drug-likeness (QED) is 0.275. The van der Waals surface area contributed by atoms with E-state index in [2.05, 4.69) is 66.6 Å². The predicted molar refractivity (Wildman–Crippen MR) is 130 cm³/mol. The Bertz CT molecular complexity index is 543. The third-order valence-corrected chi connectivity index (χ3v) is 5.48. The van der Waals surface area contributed by atoms with Gasteiger partial charge in [-0.05, 0) is 57.7 Å². The minimum atomic E-state index is -0.125. The number of halogens is 1. The summed E-state index contributed by atoms with van der Waals surface area (Å²) in [6, 6.07) is 11.5. The van der Waals surface area contributed by atoms with Gasteiger partial charge in [0.1, 0.15) is 0 Å². The zero-order chi connectivity index (χ0) is 19.5. The number of likely N-dealkylation sites (N-methyl/N-ethyl adjacent to an activating group) is 1. The largest absolute Gasteiger partial charge is 0.393 e. The van der Waals surface area contributed by atoms with Crippen LogP contribution in [0.2, 0.25) is 0 Å². The molecule has 1 aliphatic rings. The number of nitrogens with zero attached hydrogens (tertiary/aromatic N) is 2. The summed E-state index contributed by atoms with van der Waals surface area (Å²) in [4.78, 5) is 7.43. The molecule has 1 unspecified atom stereocenters. The lowest BCUT2D eigenvalue weighted by atomic mass is 9.93. The van der Waals surface area contributed by atoms with Crippen molar-refractivity contribution >= 4 is 29.9 Å². The number of aliphatic imine (C=N–C) groups is 1. The maximum absolute atomic E-state index is 9.72. The summed E-state index contributed by atoms with van der Waals surface area (Å²) in [6.45, 7) is 10.3. The molecule has 0 aromatic heterocycles. The van der Waals surface area contributed by atoms with Crippen LogP contribution in [0.3, 0.4) is 0 Å². The normalized spacial score (nSPS) is 21.1. The molecule has 5 nitrogen and oxygen atoms in total. The number of benzene rings is 1. The van der Waals surface area contributed by atoms with Crippen LogP contribution in [-0.4, -0.2) is 60.3 Å². The SMILES string of the molecule is CCNC(=NCC(Cc1ccccc1)N(CC)CC)NC1CCC(O)CC1.I. The van der Waals surface area contributed by atoms with E-state index in [1.54, 1.807) is 0 Å². The number of hydrogen-bond donors (Lipinski definition) is 3. The summed E-state index contributed by atoms with van der Waals surface area (Å²) in [6.07, 6.45) is 4.67. The molecule has 1 fully saturated rings. The molecule has 0 amide bonds. The Balaban J connectivity index is 0.00000392. The molecule has 2 rings (SSSR count). The van der Waals surface area contributed by atoms with Crippen molar-refractivity contribution in [3.63, 3.8) is 0 Å². The minimum absolute atomic E-state index is 0. The molecule has 28 heavy (non-hydrogen) atoms. The summed E-state index contributed by atoms with van der Waals surface area (Å²) < 4.78 is 0. The van der Waals surface area contributed by atoms with E-state index in [0.29, 0.717) is 12.1 Å². The highest BCUT2D eigenvalue weighted by molar-refractivity contribution is 14.0. The van der Waals surface area contributed by atoms with Crippen LogP contribution in [0.1, 0.15) is 52.0 Å². The molecule has 1 aliphatic carbocycles. The fourth-order valence-electron chi connectivity index (χ4n) is 3.87. The molecule has 0 heterocycles. The Kier molecular flexibility index (Phi) is 12.7. The van der Waals surface area contributed by atoms with E-state index in [1.807, 2.05) is 0 Å². The third-order valence-electron chi connectivity index (χ3n) is 5.48. The van der Waals surface area contributed by atoms with Crippen molar-refractivity contribution in [1.82, 2.24) is 15.5 Å². The number of nitrogens with one attached hydrogen (secondary N) is 2. The van der Waals surface area contributed by atoms with E-state index in [1.165, 1.54) is 5.56 Å². The first-order valence-electron chi connectivity index (χ1n) is 10.7. The van der Waals surface area contributed by atoms with Gasteiger partial charge in [-0.3, -0.25) is 9.89 Å². The van der Waals surface area contributed by atoms with Crippen molar-refractivity contribution < 1.29 is 5.11 Å². The Hall–Kier alpha value is -0.860. The lowest BCUT2D eigenvalue weighted by molar-refractivity contribution is 0.120. The van der Waals surface area contributed by atoms with Gasteiger partial charge in [-0.25, -0.2) is 0 Å². The number of aliphatic hydroxyl groups excluding tert-OH is 1. The van der Waals surface area contributed by atoms with Crippen molar-refractivity contribution in [2.75, 3.05) is 26.2 Å². The minimum Gasteiger partial charge on any atom is -0.393 e. The van der Waals surface area contributed by atoms with Crippen molar-refractivity contribution in [2.24, 2.45) is 4.99 Å². The van der Waals surface area contributed by atoms with Crippen molar-refractivity contribution in [2.45, 2.75) is 71.1 Å². The Morgan fingerprint density at radius 2 is 1.75 bits per heavy atom. The van der Waals surface area contributed by atoms with Gasteiger partial charge in [-0.1, -0.05) is 44.2 Å². The van der Waals surface area contributed by atoms with Crippen molar-refractivity contribution in [3.05, 3.63) is 35.9 Å². The standard InChI is InChI=1S/C22H38N4O.HI/c1-4-23-22(25-19-12-14-21(27)15-13-19)24-17-20(26(5-2)6-3)16-18-10-8-7-9-11-18;/h7-11,19-21,27H,4-6,12-17H2,1-3H3,(H2,23,24,25);1H. The van der Waals surface area contributed by atoms with E-state index in [-0.39, 0.29) is 30.1 Å². The first kappa shape index (κ1) is 25.2. The number of aliphatic hydroxyl groups is 1. The Morgan fingerprint density at radius 3 is 2.32 bits per heavy atom. The van der Waals surface area contributed by atoms with E-state index < -0.39 is 0 Å². The van der Waals surface area contributed by atoms with Gasteiger partial charge in [0.25, 0.3) is 0 Å². The van der Waals surface area contributed by atoms with Gasteiger partial charge in [0.2, 0.25) is 0 Å². The molecule has 1 saturated carbocycles. The van der Waals surface area contributed by atoms with Gasteiger partial charge in [0.05, 0.1) is 12.6 Å². The molecular formula is C22H39IN4O. The lowest BCUT2D eigenvalue weighted by Crippen LogP contribution is -2.46. The van der Waals surface area contributed by atoms with Crippen LogP contribution in [-0.2, 0) is 6.42 Å². The van der Waals surface area contributed by atoms with Gasteiger partial charge in [-0.2, -0.15) is 0 Å². The van der Waals surface area contributed by atoms with Gasteiger partial charge in [0.15, 0.2) is 5.96 Å². The number of hydrogen-bond acceptors (Lipinski definition) is 3. The second-order valence-corrected chi connectivity index (χ2v) is 7.43. The number of guanidine groups is 1. The Labute approximate surface area is 188 Å². The smallest absolute Gasteiger partial charge is 0.191 e. The Morgan fingerprint density at radius 1 is 1.11 bits per heavy atom. The molecular weight excluding hydrogens is 463 g/mol. The summed E-state index contributed by atoms with van der Waals surface area (Å²) in [5.41, 5.74) is 1.36. The molecule has 0 radical (unpaired) electrons. The summed E-state index contributed by atoms with van der Waals surface area (Å²) in [5.74, 6) is 0.907. The molecule has 1 aromatic rings. The van der Waals surface area contributed by atoms with Crippen LogP contribution in [0, 0.1) is 0 Å². The summed E-state index contributed by atoms with van der Waals surface area (Å²) >= 11 is 0. The average molecular weight is 502 g/mol. The monoisotopic (exact) mass is 502 g/mol. The maximum Gasteiger partial charge on any atom is 0.191 e. The molecule has 6 heteroatoms. The second kappa shape index (κ2) is 14.2. The molecule has 160 valence electrons. The highest BCUT2D eigenvalue weighted by atomic mass is 127. The van der Waals surface area contributed by atoms with Crippen LogP contribution >= 0.6 is 24.0 Å². The first-order valence-corrected chi connectivity index (χ1v) is 10.7. The van der Waals surface area contributed by atoms with E-state index in [0.717, 1.165) is 64.2 Å². The zero-order valence-corrected chi connectivity index (χ0v) is 20.1. The molecule has 0 spiro atoms. The van der Waals surface area contributed by atoms with Crippen LogP contribution in [0.15, 0.2) is 35.3 Å². The third kappa shape index (κ3) is 8.66. The summed E-state index contributed by atoms with van der Waals surface area (Å²) in [7, 11) is 0. The van der Waals surface area contributed by atoms with Crippen LogP contribution in [0.25, 0.3) is 0 Å². The van der Waals surface area contributed by atoms with Gasteiger partial charge >= 0.3 is 0 Å². The van der Waals surface area contributed by atoms with E-state index >= 15 is 0 Å². The summed E-state index contributed by atoms with van der Waals surface area (Å²) in [5, 5.41) is 16.7. The molecule has 1 aromatic carbocycles.